The van der Waals surface area contributed by atoms with Crippen LogP contribution in [-0.2, 0) is 17.4 Å². The van der Waals surface area contributed by atoms with Crippen molar-refractivity contribution in [2.45, 2.75) is 52.8 Å². The fourth-order valence-corrected chi connectivity index (χ4v) is 2.90. The van der Waals surface area contributed by atoms with Gasteiger partial charge >= 0.3 is 12.1 Å². The molecule has 1 heterocycles. The van der Waals surface area contributed by atoms with E-state index in [1.54, 1.807) is 13.8 Å². The Morgan fingerprint density at radius 2 is 1.85 bits per heavy atom. The highest BCUT2D eigenvalue weighted by Gasteiger charge is 2.35. The minimum absolute atomic E-state index is 0.0237. The Labute approximate surface area is 151 Å². The lowest BCUT2D eigenvalue weighted by Gasteiger charge is -2.23. The lowest BCUT2D eigenvalue weighted by molar-refractivity contribution is -0.141. The van der Waals surface area contributed by atoms with E-state index in [-0.39, 0.29) is 24.3 Å². The van der Waals surface area contributed by atoms with Gasteiger partial charge in [0.2, 0.25) is 0 Å². The molecular weight excluding hydrogens is 349 g/mol. The van der Waals surface area contributed by atoms with Crippen LogP contribution in [0.15, 0.2) is 17.1 Å². The summed E-state index contributed by atoms with van der Waals surface area (Å²) in [7, 11) is 0. The molecule has 8 heteroatoms. The smallest absolute Gasteiger partial charge is 0.416 e. The third-order valence-corrected chi connectivity index (χ3v) is 4.38. The Balaban J connectivity index is 3.39. The quantitative estimate of drug-likeness (QED) is 0.717. The van der Waals surface area contributed by atoms with Crippen molar-refractivity contribution in [3.05, 3.63) is 33.7 Å². The fraction of sp³-hybridized carbons (Fsp3) is 0.667. The molecule has 1 aromatic heterocycles. The molecule has 0 bridgehead atoms. The zero-order chi connectivity index (χ0) is 20.1. The monoisotopic (exact) mass is 376 g/mol. The lowest BCUT2D eigenvalue weighted by atomic mass is 10.0. The van der Waals surface area contributed by atoms with Gasteiger partial charge in [0.1, 0.15) is 6.04 Å². The summed E-state index contributed by atoms with van der Waals surface area (Å²) >= 11 is 0. The molecule has 0 aliphatic heterocycles. The molecular formula is C18H27F3N2O3. The molecule has 0 saturated heterocycles. The Morgan fingerprint density at radius 3 is 2.27 bits per heavy atom. The number of rotatable bonds is 9. The number of halogens is 3. The van der Waals surface area contributed by atoms with Gasteiger partial charge < -0.3 is 14.6 Å². The van der Waals surface area contributed by atoms with E-state index in [0.717, 1.165) is 10.8 Å². The molecule has 0 aromatic carbocycles. The van der Waals surface area contributed by atoms with Crippen LogP contribution < -0.4 is 5.56 Å². The number of carboxylic acid groups (broad SMARTS) is 1. The maximum Gasteiger partial charge on any atom is 0.416 e. The van der Waals surface area contributed by atoms with E-state index in [2.05, 4.69) is 0 Å². The zero-order valence-electron chi connectivity index (χ0n) is 15.6. The molecule has 26 heavy (non-hydrogen) atoms. The van der Waals surface area contributed by atoms with E-state index in [1.165, 1.54) is 0 Å². The average Bonchev–Trinajstić information content (AvgIpc) is 2.53. The molecule has 0 amide bonds. The predicted molar refractivity (Wildman–Crippen MR) is 93.3 cm³/mol. The van der Waals surface area contributed by atoms with Crippen molar-refractivity contribution < 1.29 is 23.1 Å². The van der Waals surface area contributed by atoms with Gasteiger partial charge in [-0.2, -0.15) is 13.2 Å². The van der Waals surface area contributed by atoms with Crippen LogP contribution >= 0.6 is 0 Å². The lowest BCUT2D eigenvalue weighted by Crippen LogP contribution is -2.33. The first-order chi connectivity index (χ1) is 12.0. The number of carbonyl (C=O) groups is 1. The molecule has 0 aliphatic carbocycles. The van der Waals surface area contributed by atoms with Crippen LogP contribution in [0, 0.1) is 5.92 Å². The first-order valence-corrected chi connectivity index (χ1v) is 8.78. The van der Waals surface area contributed by atoms with Crippen molar-refractivity contribution >= 4 is 5.97 Å². The summed E-state index contributed by atoms with van der Waals surface area (Å²) in [5.74, 6) is -1.25. The van der Waals surface area contributed by atoms with E-state index in [4.69, 9.17) is 0 Å². The molecule has 148 valence electrons. The van der Waals surface area contributed by atoms with Crippen LogP contribution in [0.25, 0.3) is 0 Å². The summed E-state index contributed by atoms with van der Waals surface area (Å²) in [5.41, 5.74) is -1.99. The number of carboxylic acids is 1. The van der Waals surface area contributed by atoms with Gasteiger partial charge in [-0.3, -0.25) is 4.79 Å². The van der Waals surface area contributed by atoms with Crippen LogP contribution in [0.2, 0.25) is 0 Å². The number of pyridine rings is 1. The largest absolute Gasteiger partial charge is 0.480 e. The van der Waals surface area contributed by atoms with Crippen molar-refractivity contribution in [2.24, 2.45) is 5.92 Å². The zero-order valence-corrected chi connectivity index (χ0v) is 15.6. The summed E-state index contributed by atoms with van der Waals surface area (Å²) in [6, 6.07) is -0.662. The van der Waals surface area contributed by atoms with Gasteiger partial charge in [-0.25, -0.2) is 4.79 Å². The van der Waals surface area contributed by atoms with Gasteiger partial charge in [-0.1, -0.05) is 27.7 Å². The van der Waals surface area contributed by atoms with Gasteiger partial charge in [0.15, 0.2) is 0 Å². The Kier molecular flexibility index (Phi) is 7.87. The van der Waals surface area contributed by atoms with Crippen molar-refractivity contribution in [2.75, 3.05) is 19.6 Å². The number of nitrogens with zero attached hydrogens (tertiary/aromatic N) is 2. The summed E-state index contributed by atoms with van der Waals surface area (Å²) in [6.07, 6.45) is -3.33. The number of aliphatic carboxylic acids is 1. The predicted octanol–water partition coefficient (Wildman–Crippen LogP) is 3.42. The summed E-state index contributed by atoms with van der Waals surface area (Å²) in [5, 5.41) is 9.42. The summed E-state index contributed by atoms with van der Waals surface area (Å²) in [6.45, 7) is 9.22. The molecule has 1 rings (SSSR count). The third kappa shape index (κ3) is 5.86. The maximum atomic E-state index is 13.3. The number of hydrogen-bond donors (Lipinski definition) is 1. The summed E-state index contributed by atoms with van der Waals surface area (Å²) < 4.78 is 40.9. The molecule has 0 radical (unpaired) electrons. The van der Waals surface area contributed by atoms with Crippen LogP contribution in [-0.4, -0.2) is 40.2 Å². The standard InChI is InChI=1S/C18H27F3N2O3/c1-5-22(6-2)8-7-13-11-23(15(17(25)26)9-12(3)4)16(24)10-14(13)18(19,20)21/h10-12,15H,5-9H2,1-4H3,(H,25,26). The highest BCUT2D eigenvalue weighted by Crippen LogP contribution is 2.32. The number of alkyl halides is 3. The first kappa shape index (κ1) is 22.2. The Hall–Kier alpha value is -1.83. The molecule has 1 unspecified atom stereocenters. The normalized spacial score (nSPS) is 13.4. The number of hydrogen-bond acceptors (Lipinski definition) is 3. The Bertz CT molecular complexity index is 665. The Morgan fingerprint density at radius 1 is 1.27 bits per heavy atom. The maximum absolute atomic E-state index is 13.3. The van der Waals surface area contributed by atoms with E-state index in [1.807, 2.05) is 18.7 Å². The van der Waals surface area contributed by atoms with E-state index < -0.39 is 29.3 Å². The molecule has 0 saturated carbocycles. The SMILES string of the molecule is CCN(CC)CCc1cn(C(CC(C)C)C(=O)O)c(=O)cc1C(F)(F)F. The molecule has 0 fully saturated rings. The second-order valence-electron chi connectivity index (χ2n) is 6.72. The molecule has 1 atom stereocenters. The van der Waals surface area contributed by atoms with Crippen molar-refractivity contribution in [1.29, 1.82) is 0 Å². The molecule has 1 N–H and O–H groups in total. The van der Waals surface area contributed by atoms with Gasteiger partial charge in [-0.15, -0.1) is 0 Å². The summed E-state index contributed by atoms with van der Waals surface area (Å²) in [4.78, 5) is 25.7. The average molecular weight is 376 g/mol. The minimum Gasteiger partial charge on any atom is -0.480 e. The molecule has 1 aromatic rings. The van der Waals surface area contributed by atoms with Crippen molar-refractivity contribution in [3.63, 3.8) is 0 Å². The number of likely N-dealkylation sites (N-methyl/N-ethyl adjacent to an activating group) is 1. The minimum atomic E-state index is -4.66. The highest BCUT2D eigenvalue weighted by molar-refractivity contribution is 5.71. The van der Waals surface area contributed by atoms with Gasteiger partial charge in [0.05, 0.1) is 5.56 Å². The van der Waals surface area contributed by atoms with Crippen molar-refractivity contribution in [3.8, 4) is 0 Å². The van der Waals surface area contributed by atoms with Gasteiger partial charge in [0, 0.05) is 18.8 Å². The van der Waals surface area contributed by atoms with Gasteiger partial charge in [0.25, 0.3) is 5.56 Å². The second-order valence-corrected chi connectivity index (χ2v) is 6.72. The first-order valence-electron chi connectivity index (χ1n) is 8.78. The third-order valence-electron chi connectivity index (χ3n) is 4.38. The second kappa shape index (κ2) is 9.21. The van der Waals surface area contributed by atoms with Crippen LogP contribution in [0.4, 0.5) is 13.2 Å². The van der Waals surface area contributed by atoms with Crippen LogP contribution in [0.1, 0.15) is 51.3 Å². The van der Waals surface area contributed by atoms with E-state index in [0.29, 0.717) is 25.7 Å². The van der Waals surface area contributed by atoms with Crippen molar-refractivity contribution in [1.82, 2.24) is 9.47 Å². The van der Waals surface area contributed by atoms with Crippen LogP contribution in [0.3, 0.4) is 0 Å². The molecule has 0 aliphatic rings. The van der Waals surface area contributed by atoms with Crippen LogP contribution in [0.5, 0.6) is 0 Å². The highest BCUT2D eigenvalue weighted by atomic mass is 19.4. The van der Waals surface area contributed by atoms with E-state index in [9.17, 15) is 27.9 Å². The number of aromatic nitrogens is 1. The van der Waals surface area contributed by atoms with Gasteiger partial charge in [-0.05, 0) is 37.4 Å². The molecule has 0 spiro atoms. The van der Waals surface area contributed by atoms with E-state index >= 15 is 0 Å². The topological polar surface area (TPSA) is 62.5 Å². The fourth-order valence-electron chi connectivity index (χ4n) is 2.90. The molecule has 5 nitrogen and oxygen atoms in total.